The van der Waals surface area contributed by atoms with Crippen molar-refractivity contribution in [2.75, 3.05) is 23.4 Å². The van der Waals surface area contributed by atoms with Crippen LogP contribution in [0.1, 0.15) is 70.7 Å². The Labute approximate surface area is 203 Å². The van der Waals surface area contributed by atoms with Gasteiger partial charge in [0, 0.05) is 19.2 Å². The molecule has 6 heteroatoms. The molecule has 0 aliphatic carbocycles. The molecular formula is C28H38N2O4. The number of aromatic hydroxyl groups is 2. The summed E-state index contributed by atoms with van der Waals surface area (Å²) in [6.45, 7) is 11.8. The SMILES string of the molecule is C/C(=C\CN1C(=O)c2cccc(O)c2Nc2ccc(O)cc21)CCCC(C)CCOC(C)(C)C. The van der Waals surface area contributed by atoms with E-state index in [0.29, 0.717) is 35.1 Å². The third-order valence-corrected chi connectivity index (χ3v) is 6.09. The van der Waals surface area contributed by atoms with E-state index in [1.54, 1.807) is 41.3 Å². The standard InChI is InChI=1S/C28H38N2O4/c1-19(8-6-9-20(2)15-17-34-28(3,4)5)14-16-30-24-18-21(31)12-13-23(24)29-26-22(27(30)33)10-7-11-25(26)32/h7,10-14,18,20,29,31-32H,6,8-9,15-17H2,1-5H3/b19-14+. The number of amides is 1. The van der Waals surface area contributed by atoms with Gasteiger partial charge in [-0.1, -0.05) is 31.1 Å². The van der Waals surface area contributed by atoms with E-state index < -0.39 is 0 Å². The van der Waals surface area contributed by atoms with Gasteiger partial charge in [-0.2, -0.15) is 0 Å². The van der Waals surface area contributed by atoms with E-state index in [1.165, 1.54) is 5.57 Å². The Bertz CT molecular complexity index is 1040. The topological polar surface area (TPSA) is 82.0 Å². The molecule has 1 aliphatic heterocycles. The smallest absolute Gasteiger partial charge is 0.260 e. The Morgan fingerprint density at radius 2 is 1.94 bits per heavy atom. The molecule has 0 bridgehead atoms. The van der Waals surface area contributed by atoms with Crippen LogP contribution in [0.2, 0.25) is 0 Å². The van der Waals surface area contributed by atoms with Crippen LogP contribution in [-0.2, 0) is 4.74 Å². The van der Waals surface area contributed by atoms with Gasteiger partial charge in [-0.25, -0.2) is 0 Å². The second-order valence-corrected chi connectivity index (χ2v) is 10.2. The molecule has 0 fully saturated rings. The summed E-state index contributed by atoms with van der Waals surface area (Å²) in [4.78, 5) is 15.0. The molecular weight excluding hydrogens is 428 g/mol. The number of hydrogen-bond acceptors (Lipinski definition) is 5. The Kier molecular flexibility index (Phi) is 8.26. The lowest BCUT2D eigenvalue weighted by molar-refractivity contribution is -0.00886. The number of benzene rings is 2. The molecule has 1 heterocycles. The number of fused-ring (bicyclic) bond motifs is 2. The van der Waals surface area contributed by atoms with Gasteiger partial charge in [-0.3, -0.25) is 4.79 Å². The molecule has 0 aromatic heterocycles. The van der Waals surface area contributed by atoms with Gasteiger partial charge in [-0.15, -0.1) is 0 Å². The number of para-hydroxylation sites is 1. The minimum Gasteiger partial charge on any atom is -0.508 e. The fraction of sp³-hybridized carbons (Fsp3) is 0.464. The summed E-state index contributed by atoms with van der Waals surface area (Å²) in [5.74, 6) is 0.478. The summed E-state index contributed by atoms with van der Waals surface area (Å²) in [5.41, 5.74) is 3.15. The highest BCUT2D eigenvalue weighted by Gasteiger charge is 2.28. The minimum atomic E-state index is -0.223. The molecule has 0 saturated heterocycles. The van der Waals surface area contributed by atoms with Gasteiger partial charge >= 0.3 is 0 Å². The number of phenols is 2. The van der Waals surface area contributed by atoms with Crippen LogP contribution < -0.4 is 10.2 Å². The van der Waals surface area contributed by atoms with Crippen molar-refractivity contribution in [3.8, 4) is 11.5 Å². The number of carbonyl (C=O) groups excluding carboxylic acids is 1. The van der Waals surface area contributed by atoms with Crippen LogP contribution in [0.25, 0.3) is 0 Å². The van der Waals surface area contributed by atoms with Gasteiger partial charge in [-0.05, 0) is 77.1 Å². The van der Waals surface area contributed by atoms with E-state index in [4.69, 9.17) is 4.74 Å². The average Bonchev–Trinajstić information content (AvgIpc) is 2.86. The highest BCUT2D eigenvalue weighted by Crippen LogP contribution is 2.41. The molecule has 3 N–H and O–H groups in total. The molecule has 1 unspecified atom stereocenters. The summed E-state index contributed by atoms with van der Waals surface area (Å²) >= 11 is 0. The molecule has 0 saturated carbocycles. The Hall–Kier alpha value is -2.99. The highest BCUT2D eigenvalue weighted by atomic mass is 16.5. The molecule has 1 atom stereocenters. The van der Waals surface area contributed by atoms with Crippen LogP contribution in [0.4, 0.5) is 17.1 Å². The normalized spacial score (nSPS) is 14.8. The first kappa shape index (κ1) is 25.6. The monoisotopic (exact) mass is 466 g/mol. The van der Waals surface area contributed by atoms with Crippen molar-refractivity contribution in [1.29, 1.82) is 0 Å². The van der Waals surface area contributed by atoms with E-state index in [9.17, 15) is 15.0 Å². The second-order valence-electron chi connectivity index (χ2n) is 10.2. The zero-order valence-electron chi connectivity index (χ0n) is 21.0. The molecule has 2 aromatic carbocycles. The fourth-order valence-corrected chi connectivity index (χ4v) is 4.06. The maximum Gasteiger partial charge on any atom is 0.260 e. The number of phenolic OH excluding ortho intramolecular Hbond substituents is 2. The maximum atomic E-state index is 13.4. The molecule has 2 aromatic rings. The van der Waals surface area contributed by atoms with E-state index in [1.807, 2.05) is 0 Å². The summed E-state index contributed by atoms with van der Waals surface area (Å²) in [6.07, 6.45) is 6.32. The third kappa shape index (κ3) is 6.76. The first-order valence-corrected chi connectivity index (χ1v) is 12.1. The molecule has 1 amide bonds. The third-order valence-electron chi connectivity index (χ3n) is 6.09. The summed E-state index contributed by atoms with van der Waals surface area (Å²) in [6, 6.07) is 9.77. The van der Waals surface area contributed by atoms with E-state index >= 15 is 0 Å². The molecule has 6 nitrogen and oxygen atoms in total. The predicted molar refractivity (Wildman–Crippen MR) is 138 cm³/mol. The van der Waals surface area contributed by atoms with E-state index in [2.05, 4.69) is 46.0 Å². The lowest BCUT2D eigenvalue weighted by atomic mass is 9.99. The number of rotatable bonds is 9. The van der Waals surface area contributed by atoms with Crippen molar-refractivity contribution in [1.82, 2.24) is 0 Å². The van der Waals surface area contributed by atoms with Crippen molar-refractivity contribution >= 4 is 23.0 Å². The van der Waals surface area contributed by atoms with Crippen LogP contribution in [0.3, 0.4) is 0 Å². The molecule has 3 rings (SSSR count). The molecule has 1 aliphatic rings. The first-order chi connectivity index (χ1) is 16.0. The molecule has 34 heavy (non-hydrogen) atoms. The number of ether oxygens (including phenoxy) is 1. The number of hydrogen-bond donors (Lipinski definition) is 3. The Morgan fingerprint density at radius 3 is 2.68 bits per heavy atom. The number of allylic oxidation sites excluding steroid dienone is 1. The summed E-state index contributed by atoms with van der Waals surface area (Å²) < 4.78 is 5.84. The number of nitrogens with zero attached hydrogens (tertiary/aromatic N) is 1. The van der Waals surface area contributed by atoms with Crippen molar-refractivity contribution in [3.05, 3.63) is 53.6 Å². The number of nitrogens with one attached hydrogen (secondary N) is 1. The van der Waals surface area contributed by atoms with Crippen LogP contribution in [0.5, 0.6) is 11.5 Å². The van der Waals surface area contributed by atoms with Crippen LogP contribution in [0, 0.1) is 5.92 Å². The predicted octanol–water partition coefficient (Wildman–Crippen LogP) is 6.76. The first-order valence-electron chi connectivity index (χ1n) is 12.1. The molecule has 0 radical (unpaired) electrons. The van der Waals surface area contributed by atoms with Gasteiger partial charge in [0.05, 0.1) is 28.2 Å². The van der Waals surface area contributed by atoms with Gasteiger partial charge in [0.25, 0.3) is 5.91 Å². The lowest BCUT2D eigenvalue weighted by Crippen LogP contribution is -2.30. The molecule has 184 valence electrons. The van der Waals surface area contributed by atoms with Crippen molar-refractivity contribution in [3.63, 3.8) is 0 Å². The van der Waals surface area contributed by atoms with Gasteiger partial charge in [0.15, 0.2) is 0 Å². The zero-order valence-corrected chi connectivity index (χ0v) is 21.0. The summed E-state index contributed by atoms with van der Waals surface area (Å²) in [7, 11) is 0. The van der Waals surface area contributed by atoms with E-state index in [0.717, 1.165) is 32.3 Å². The van der Waals surface area contributed by atoms with E-state index in [-0.39, 0.29) is 23.0 Å². The minimum absolute atomic E-state index is 0.0143. The summed E-state index contributed by atoms with van der Waals surface area (Å²) in [5, 5.41) is 23.5. The van der Waals surface area contributed by atoms with Gasteiger partial charge < -0.3 is 25.2 Å². The van der Waals surface area contributed by atoms with Crippen LogP contribution in [0.15, 0.2) is 48.0 Å². The largest absolute Gasteiger partial charge is 0.508 e. The zero-order chi connectivity index (χ0) is 24.9. The quantitative estimate of drug-likeness (QED) is 0.216. The number of carbonyl (C=O) groups is 1. The van der Waals surface area contributed by atoms with Crippen molar-refractivity contribution in [2.24, 2.45) is 5.92 Å². The van der Waals surface area contributed by atoms with Crippen molar-refractivity contribution < 1.29 is 19.7 Å². The average molecular weight is 467 g/mol. The maximum absolute atomic E-state index is 13.4. The number of anilines is 3. The van der Waals surface area contributed by atoms with Crippen molar-refractivity contribution in [2.45, 2.75) is 65.9 Å². The Balaban J connectivity index is 1.65. The molecule has 0 spiro atoms. The fourth-order valence-electron chi connectivity index (χ4n) is 4.06. The van der Waals surface area contributed by atoms with Gasteiger partial charge in [0.2, 0.25) is 0 Å². The highest BCUT2D eigenvalue weighted by molar-refractivity contribution is 6.14. The Morgan fingerprint density at radius 1 is 1.18 bits per heavy atom. The van der Waals surface area contributed by atoms with Crippen LogP contribution >= 0.6 is 0 Å². The lowest BCUT2D eigenvalue weighted by Gasteiger charge is -2.22. The van der Waals surface area contributed by atoms with Gasteiger partial charge in [0.1, 0.15) is 11.5 Å². The van der Waals surface area contributed by atoms with Crippen LogP contribution in [-0.4, -0.2) is 34.9 Å². The second kappa shape index (κ2) is 11.0.